The van der Waals surface area contributed by atoms with Crippen LogP contribution in [0.1, 0.15) is 15.9 Å². The van der Waals surface area contributed by atoms with E-state index in [1.54, 1.807) is 24.3 Å². The molecule has 0 radical (unpaired) electrons. The molecule has 0 atom stereocenters. The number of hydrogen-bond acceptors (Lipinski definition) is 4. The van der Waals surface area contributed by atoms with E-state index in [0.29, 0.717) is 15.9 Å². The first-order chi connectivity index (χ1) is 12.8. The van der Waals surface area contributed by atoms with Gasteiger partial charge in [-0.3, -0.25) is 14.9 Å². The smallest absolute Gasteiger partial charge is 0.282 e. The molecule has 0 aliphatic carbocycles. The maximum absolute atomic E-state index is 12.5. The molecule has 3 aromatic rings. The summed E-state index contributed by atoms with van der Waals surface area (Å²) in [5, 5.41) is 19.1. The summed E-state index contributed by atoms with van der Waals surface area (Å²) < 4.78 is 1.50. The number of anilines is 1. The summed E-state index contributed by atoms with van der Waals surface area (Å²) in [7, 11) is 0. The molecular formula is C17H11Cl3N4O3. The average Bonchev–Trinajstić information content (AvgIpc) is 3.03. The second-order valence-electron chi connectivity index (χ2n) is 5.48. The van der Waals surface area contributed by atoms with Crippen LogP contribution in [0, 0.1) is 10.1 Å². The molecule has 0 unspecified atom stereocenters. The Bertz CT molecular complexity index is 1040. The predicted octanol–water partition coefficient (Wildman–Crippen LogP) is 5.05. The normalized spacial score (nSPS) is 10.6. The molecule has 2 aromatic carbocycles. The Morgan fingerprint density at radius 1 is 1.11 bits per heavy atom. The SMILES string of the molecule is O=C(Nc1ccnn1Cc1ccc(Cl)cc1Cl)c1cc(Cl)ccc1[N+](=O)[O-]. The van der Waals surface area contributed by atoms with Crippen molar-refractivity contribution in [2.24, 2.45) is 0 Å². The summed E-state index contributed by atoms with van der Waals surface area (Å²) in [5.41, 5.74) is 0.252. The van der Waals surface area contributed by atoms with Crippen molar-refractivity contribution in [2.45, 2.75) is 6.54 Å². The summed E-state index contributed by atoms with van der Waals surface area (Å²) in [6.45, 7) is 0.274. The average molecular weight is 426 g/mol. The number of aromatic nitrogens is 2. The van der Waals surface area contributed by atoms with Gasteiger partial charge in [-0.1, -0.05) is 40.9 Å². The number of nitrogens with one attached hydrogen (secondary N) is 1. The van der Waals surface area contributed by atoms with Crippen molar-refractivity contribution >= 4 is 52.2 Å². The zero-order valence-corrected chi connectivity index (χ0v) is 15.8. The first kappa shape index (κ1) is 19.2. The van der Waals surface area contributed by atoms with Crippen LogP contribution in [0.3, 0.4) is 0 Å². The number of nitro benzene ring substituents is 1. The molecule has 0 saturated heterocycles. The van der Waals surface area contributed by atoms with Gasteiger partial charge in [-0.05, 0) is 29.8 Å². The topological polar surface area (TPSA) is 90.1 Å². The molecule has 0 saturated carbocycles. The minimum absolute atomic E-state index is 0.148. The Labute approximate surface area is 168 Å². The van der Waals surface area contributed by atoms with Crippen molar-refractivity contribution in [2.75, 3.05) is 5.32 Å². The van der Waals surface area contributed by atoms with Gasteiger partial charge in [-0.25, -0.2) is 4.68 Å². The molecule has 1 amide bonds. The Balaban J connectivity index is 1.86. The predicted molar refractivity (Wildman–Crippen MR) is 104 cm³/mol. The van der Waals surface area contributed by atoms with Gasteiger partial charge in [0.15, 0.2) is 0 Å². The Hall–Kier alpha value is -2.61. The van der Waals surface area contributed by atoms with Gasteiger partial charge in [0.1, 0.15) is 11.4 Å². The van der Waals surface area contributed by atoms with Crippen molar-refractivity contribution in [1.29, 1.82) is 0 Å². The molecule has 1 aromatic heterocycles. The third kappa shape index (κ3) is 4.39. The summed E-state index contributed by atoms with van der Waals surface area (Å²) in [6.07, 6.45) is 1.49. The number of nitrogens with zero attached hydrogens (tertiary/aromatic N) is 3. The molecule has 0 aliphatic rings. The Kier molecular flexibility index (Phi) is 5.65. The largest absolute Gasteiger partial charge is 0.307 e. The summed E-state index contributed by atoms with van der Waals surface area (Å²) in [4.78, 5) is 23.1. The van der Waals surface area contributed by atoms with Gasteiger partial charge in [0.2, 0.25) is 0 Å². The lowest BCUT2D eigenvalue weighted by Crippen LogP contribution is -2.17. The third-order valence-electron chi connectivity index (χ3n) is 3.69. The van der Waals surface area contributed by atoms with E-state index >= 15 is 0 Å². The maximum atomic E-state index is 12.5. The number of halogens is 3. The van der Waals surface area contributed by atoms with Gasteiger partial charge in [0, 0.05) is 27.2 Å². The second kappa shape index (κ2) is 7.96. The van der Waals surface area contributed by atoms with E-state index in [1.165, 1.54) is 29.1 Å². The fraction of sp³-hybridized carbons (Fsp3) is 0.0588. The minimum atomic E-state index is -0.673. The number of rotatable bonds is 5. The number of carbonyl (C=O) groups excluding carboxylic acids is 1. The summed E-state index contributed by atoms with van der Waals surface area (Å²) in [6, 6.07) is 10.4. The number of amides is 1. The van der Waals surface area contributed by atoms with Gasteiger partial charge in [0.25, 0.3) is 11.6 Å². The van der Waals surface area contributed by atoms with Crippen LogP contribution in [0.15, 0.2) is 48.7 Å². The van der Waals surface area contributed by atoms with Gasteiger partial charge in [-0.15, -0.1) is 0 Å². The highest BCUT2D eigenvalue weighted by Crippen LogP contribution is 2.25. The first-order valence-electron chi connectivity index (χ1n) is 7.56. The van der Waals surface area contributed by atoms with E-state index in [4.69, 9.17) is 34.8 Å². The highest BCUT2D eigenvalue weighted by atomic mass is 35.5. The second-order valence-corrected chi connectivity index (χ2v) is 6.76. The van der Waals surface area contributed by atoms with Crippen molar-refractivity contribution in [3.8, 4) is 0 Å². The Morgan fingerprint density at radius 2 is 1.81 bits per heavy atom. The monoisotopic (exact) mass is 424 g/mol. The molecule has 138 valence electrons. The highest BCUT2D eigenvalue weighted by Gasteiger charge is 2.21. The van der Waals surface area contributed by atoms with E-state index in [-0.39, 0.29) is 22.8 Å². The highest BCUT2D eigenvalue weighted by molar-refractivity contribution is 6.35. The van der Waals surface area contributed by atoms with Crippen molar-refractivity contribution < 1.29 is 9.72 Å². The lowest BCUT2D eigenvalue weighted by molar-refractivity contribution is -0.385. The van der Waals surface area contributed by atoms with Gasteiger partial charge < -0.3 is 5.32 Å². The molecule has 0 fully saturated rings. The molecule has 1 N–H and O–H groups in total. The van der Waals surface area contributed by atoms with E-state index < -0.39 is 10.8 Å². The molecule has 0 spiro atoms. The van der Waals surface area contributed by atoms with Crippen LogP contribution < -0.4 is 5.32 Å². The molecule has 1 heterocycles. The third-order valence-corrected chi connectivity index (χ3v) is 4.52. The molecule has 0 bridgehead atoms. The molecule has 0 aliphatic heterocycles. The molecule has 3 rings (SSSR count). The van der Waals surface area contributed by atoms with Crippen molar-refractivity contribution in [1.82, 2.24) is 9.78 Å². The van der Waals surface area contributed by atoms with E-state index in [9.17, 15) is 14.9 Å². The fourth-order valence-corrected chi connectivity index (χ4v) is 3.05. The first-order valence-corrected chi connectivity index (χ1v) is 8.69. The maximum Gasteiger partial charge on any atom is 0.282 e. The lowest BCUT2D eigenvalue weighted by Gasteiger charge is -2.11. The van der Waals surface area contributed by atoms with E-state index in [2.05, 4.69) is 10.4 Å². The van der Waals surface area contributed by atoms with Crippen LogP contribution in [0.4, 0.5) is 11.5 Å². The summed E-state index contributed by atoms with van der Waals surface area (Å²) >= 11 is 17.9. The van der Waals surface area contributed by atoms with Crippen LogP contribution in [0.2, 0.25) is 15.1 Å². The fourth-order valence-electron chi connectivity index (χ4n) is 2.41. The standard InChI is InChI=1S/C17H11Cl3N4O3/c18-11-3-4-15(24(26)27)13(7-11)17(25)22-16-5-6-21-23(16)9-10-1-2-12(19)8-14(10)20/h1-8H,9H2,(H,22,25). The lowest BCUT2D eigenvalue weighted by atomic mass is 10.1. The van der Waals surface area contributed by atoms with Crippen molar-refractivity contribution in [3.05, 3.63) is 85.0 Å². The van der Waals surface area contributed by atoms with E-state index in [0.717, 1.165) is 5.56 Å². The van der Waals surface area contributed by atoms with Crippen molar-refractivity contribution in [3.63, 3.8) is 0 Å². The molecule has 27 heavy (non-hydrogen) atoms. The van der Waals surface area contributed by atoms with Crippen LogP contribution >= 0.6 is 34.8 Å². The summed E-state index contributed by atoms with van der Waals surface area (Å²) in [5.74, 6) is -0.326. The minimum Gasteiger partial charge on any atom is -0.307 e. The number of nitro groups is 1. The molecule has 10 heteroatoms. The number of hydrogen-bond donors (Lipinski definition) is 1. The zero-order chi connectivity index (χ0) is 19.6. The van der Waals surface area contributed by atoms with Crippen LogP contribution in [0.25, 0.3) is 0 Å². The van der Waals surface area contributed by atoms with Gasteiger partial charge in [-0.2, -0.15) is 5.10 Å². The molecular weight excluding hydrogens is 415 g/mol. The van der Waals surface area contributed by atoms with Crippen LogP contribution in [-0.4, -0.2) is 20.6 Å². The van der Waals surface area contributed by atoms with Crippen LogP contribution in [-0.2, 0) is 6.54 Å². The van der Waals surface area contributed by atoms with Gasteiger partial charge in [0.05, 0.1) is 17.7 Å². The quantitative estimate of drug-likeness (QED) is 0.457. The number of carbonyl (C=O) groups is 1. The zero-order valence-electron chi connectivity index (χ0n) is 13.5. The Morgan fingerprint density at radius 3 is 2.52 bits per heavy atom. The van der Waals surface area contributed by atoms with E-state index in [1.807, 2.05) is 0 Å². The number of benzene rings is 2. The van der Waals surface area contributed by atoms with Crippen LogP contribution in [0.5, 0.6) is 0 Å². The van der Waals surface area contributed by atoms with Gasteiger partial charge >= 0.3 is 0 Å². The molecule has 7 nitrogen and oxygen atoms in total.